The van der Waals surface area contributed by atoms with Crippen molar-refractivity contribution in [2.75, 3.05) is 32.7 Å². The zero-order valence-corrected chi connectivity index (χ0v) is 12.4. The number of nitrogens with two attached hydrogens (primary N) is 1. The highest BCUT2D eigenvalue weighted by molar-refractivity contribution is 5.12. The summed E-state index contributed by atoms with van der Waals surface area (Å²) in [4.78, 5) is 5.08. The van der Waals surface area contributed by atoms with Crippen molar-refractivity contribution in [2.45, 2.75) is 51.1 Å². The summed E-state index contributed by atoms with van der Waals surface area (Å²) >= 11 is 0. The maximum absolute atomic E-state index is 9.25. The molecule has 4 heteroatoms. The van der Waals surface area contributed by atoms with Gasteiger partial charge in [-0.25, -0.2) is 0 Å². The molecule has 108 valence electrons. The summed E-state index contributed by atoms with van der Waals surface area (Å²) in [6.45, 7) is 10.3. The third-order valence-electron chi connectivity index (χ3n) is 5.13. The Morgan fingerprint density at radius 1 is 1.42 bits per heavy atom. The first kappa shape index (κ1) is 14.8. The highest BCUT2D eigenvalue weighted by atomic mass is 15.3. The highest BCUT2D eigenvalue weighted by Crippen LogP contribution is 2.35. The van der Waals surface area contributed by atoms with Crippen molar-refractivity contribution >= 4 is 0 Å². The van der Waals surface area contributed by atoms with Gasteiger partial charge in [-0.3, -0.25) is 4.90 Å². The van der Waals surface area contributed by atoms with Crippen LogP contribution in [0.3, 0.4) is 0 Å². The Morgan fingerprint density at radius 3 is 2.84 bits per heavy atom. The van der Waals surface area contributed by atoms with E-state index < -0.39 is 5.54 Å². The van der Waals surface area contributed by atoms with Gasteiger partial charge in [-0.1, -0.05) is 13.3 Å². The van der Waals surface area contributed by atoms with Crippen LogP contribution in [-0.4, -0.2) is 54.1 Å². The number of hydrogen-bond donors (Lipinski definition) is 1. The van der Waals surface area contributed by atoms with Crippen molar-refractivity contribution in [3.05, 3.63) is 0 Å². The maximum atomic E-state index is 9.25. The molecule has 0 radical (unpaired) electrons. The summed E-state index contributed by atoms with van der Waals surface area (Å²) in [5, 5.41) is 9.25. The monoisotopic (exact) mass is 264 g/mol. The van der Waals surface area contributed by atoms with E-state index in [1.54, 1.807) is 0 Å². The second-order valence-corrected chi connectivity index (χ2v) is 6.31. The molecule has 2 aliphatic rings. The Balaban J connectivity index is 1.79. The van der Waals surface area contributed by atoms with Gasteiger partial charge in [0.2, 0.25) is 0 Å². The van der Waals surface area contributed by atoms with Gasteiger partial charge in [0.05, 0.1) is 6.07 Å². The molecule has 1 aliphatic heterocycles. The van der Waals surface area contributed by atoms with Gasteiger partial charge < -0.3 is 10.6 Å². The predicted molar refractivity (Wildman–Crippen MR) is 77.6 cm³/mol. The molecule has 3 atom stereocenters. The van der Waals surface area contributed by atoms with Crippen LogP contribution in [0, 0.1) is 17.2 Å². The first-order chi connectivity index (χ1) is 9.09. The summed E-state index contributed by atoms with van der Waals surface area (Å²) in [6.07, 6.45) is 4.22. The molecule has 0 aromatic heterocycles. The predicted octanol–water partition coefficient (Wildman–Crippen LogP) is 1.42. The van der Waals surface area contributed by atoms with Crippen LogP contribution in [0.1, 0.15) is 39.5 Å². The maximum Gasteiger partial charge on any atom is 0.107 e. The van der Waals surface area contributed by atoms with Gasteiger partial charge >= 0.3 is 0 Å². The normalized spacial score (nSPS) is 37.4. The third kappa shape index (κ3) is 3.28. The number of nitrogens with zero attached hydrogens (tertiary/aromatic N) is 3. The number of likely N-dealkylation sites (N-methyl/N-ethyl adjacent to an activating group) is 1. The summed E-state index contributed by atoms with van der Waals surface area (Å²) in [5.74, 6) is 0.400. The molecule has 2 rings (SSSR count). The molecule has 1 heterocycles. The number of hydrogen-bond acceptors (Lipinski definition) is 4. The topological polar surface area (TPSA) is 56.3 Å². The number of nitriles is 1. The molecule has 2 fully saturated rings. The zero-order valence-electron chi connectivity index (χ0n) is 12.4. The Morgan fingerprint density at radius 2 is 2.21 bits per heavy atom. The summed E-state index contributed by atoms with van der Waals surface area (Å²) in [7, 11) is 0. The fourth-order valence-corrected chi connectivity index (χ4v) is 3.73. The zero-order chi connectivity index (χ0) is 13.9. The quantitative estimate of drug-likeness (QED) is 0.834. The summed E-state index contributed by atoms with van der Waals surface area (Å²) < 4.78 is 0. The molecule has 2 N–H and O–H groups in total. The smallest absolute Gasteiger partial charge is 0.107 e. The Labute approximate surface area is 117 Å². The van der Waals surface area contributed by atoms with Crippen LogP contribution >= 0.6 is 0 Å². The molecule has 1 saturated heterocycles. The Bertz CT molecular complexity index is 338. The van der Waals surface area contributed by atoms with E-state index in [9.17, 15) is 5.26 Å². The third-order valence-corrected chi connectivity index (χ3v) is 5.13. The van der Waals surface area contributed by atoms with Crippen molar-refractivity contribution < 1.29 is 0 Å². The summed E-state index contributed by atoms with van der Waals surface area (Å²) in [6, 6.07) is 3.01. The minimum absolute atomic E-state index is 0.400. The molecule has 0 spiro atoms. The lowest BCUT2D eigenvalue weighted by Crippen LogP contribution is -2.52. The van der Waals surface area contributed by atoms with Crippen molar-refractivity contribution in [2.24, 2.45) is 11.7 Å². The molecule has 19 heavy (non-hydrogen) atoms. The van der Waals surface area contributed by atoms with Gasteiger partial charge in [0.15, 0.2) is 0 Å². The van der Waals surface area contributed by atoms with Gasteiger partial charge in [0, 0.05) is 25.7 Å². The van der Waals surface area contributed by atoms with Gasteiger partial charge in [-0.2, -0.15) is 5.26 Å². The Kier molecular flexibility index (Phi) is 4.83. The molecule has 4 nitrogen and oxygen atoms in total. The lowest BCUT2D eigenvalue weighted by Gasteiger charge is -2.40. The average molecular weight is 264 g/mol. The minimum Gasteiger partial charge on any atom is -0.313 e. The number of piperazine rings is 1. The van der Waals surface area contributed by atoms with E-state index in [4.69, 9.17) is 5.73 Å². The van der Waals surface area contributed by atoms with Crippen LogP contribution < -0.4 is 5.73 Å². The SMILES string of the molecule is CCN1CCN(CCC2CCCC2(N)C#N)CC1C. The minimum atomic E-state index is -0.545. The van der Waals surface area contributed by atoms with Gasteiger partial charge in [0.25, 0.3) is 0 Å². The lowest BCUT2D eigenvalue weighted by atomic mass is 9.87. The van der Waals surface area contributed by atoms with E-state index in [1.165, 1.54) is 6.54 Å². The fourth-order valence-electron chi connectivity index (χ4n) is 3.73. The second-order valence-electron chi connectivity index (χ2n) is 6.31. The highest BCUT2D eigenvalue weighted by Gasteiger charge is 2.39. The van der Waals surface area contributed by atoms with E-state index >= 15 is 0 Å². The van der Waals surface area contributed by atoms with Crippen LogP contribution in [0.15, 0.2) is 0 Å². The van der Waals surface area contributed by atoms with E-state index in [-0.39, 0.29) is 0 Å². The molecule has 0 bridgehead atoms. The van der Waals surface area contributed by atoms with E-state index in [0.717, 1.165) is 51.9 Å². The van der Waals surface area contributed by atoms with Crippen LogP contribution in [0.4, 0.5) is 0 Å². The van der Waals surface area contributed by atoms with E-state index in [1.807, 2.05) is 0 Å². The van der Waals surface area contributed by atoms with E-state index in [0.29, 0.717) is 12.0 Å². The molecule has 0 amide bonds. The molecule has 1 saturated carbocycles. The van der Waals surface area contributed by atoms with Gasteiger partial charge in [-0.15, -0.1) is 0 Å². The van der Waals surface area contributed by atoms with Crippen LogP contribution in [0.2, 0.25) is 0 Å². The van der Waals surface area contributed by atoms with Crippen LogP contribution in [0.5, 0.6) is 0 Å². The average Bonchev–Trinajstić information content (AvgIpc) is 2.78. The lowest BCUT2D eigenvalue weighted by molar-refractivity contribution is 0.0827. The second kappa shape index (κ2) is 6.21. The van der Waals surface area contributed by atoms with Crippen molar-refractivity contribution in [3.63, 3.8) is 0 Å². The van der Waals surface area contributed by atoms with Crippen molar-refractivity contribution in [3.8, 4) is 6.07 Å². The molecular formula is C15H28N4. The molecular weight excluding hydrogens is 236 g/mol. The first-order valence-electron chi connectivity index (χ1n) is 7.75. The molecule has 0 aromatic carbocycles. The Hall–Kier alpha value is -0.630. The molecule has 3 unspecified atom stereocenters. The fraction of sp³-hybridized carbons (Fsp3) is 0.933. The van der Waals surface area contributed by atoms with Crippen molar-refractivity contribution in [1.29, 1.82) is 5.26 Å². The van der Waals surface area contributed by atoms with Crippen LogP contribution in [0.25, 0.3) is 0 Å². The van der Waals surface area contributed by atoms with Crippen molar-refractivity contribution in [1.82, 2.24) is 9.80 Å². The summed E-state index contributed by atoms with van der Waals surface area (Å²) in [5.41, 5.74) is 5.66. The molecule has 1 aliphatic carbocycles. The number of rotatable bonds is 4. The molecule has 0 aromatic rings. The van der Waals surface area contributed by atoms with E-state index in [2.05, 4.69) is 29.7 Å². The standard InChI is InChI=1S/C15H28N4/c1-3-19-10-9-18(11-13(19)2)8-6-14-5-4-7-15(14,17)12-16/h13-14H,3-11,17H2,1-2H3. The van der Waals surface area contributed by atoms with Gasteiger partial charge in [0.1, 0.15) is 5.54 Å². The largest absolute Gasteiger partial charge is 0.313 e. The van der Waals surface area contributed by atoms with Crippen LogP contribution in [-0.2, 0) is 0 Å². The van der Waals surface area contributed by atoms with Gasteiger partial charge in [-0.05, 0) is 45.2 Å². The first-order valence-corrected chi connectivity index (χ1v) is 7.75.